The highest BCUT2D eigenvalue weighted by Crippen LogP contribution is 2.34. The van der Waals surface area contributed by atoms with Crippen molar-refractivity contribution in [1.82, 2.24) is 20.6 Å². The first-order valence-corrected chi connectivity index (χ1v) is 16.5. The Bertz CT molecular complexity index is 1820. The van der Waals surface area contributed by atoms with E-state index in [0.717, 1.165) is 47.8 Å². The number of halogens is 2. The molecule has 2 aliphatic heterocycles. The Kier molecular flexibility index (Phi) is 10.4. The molecule has 4 amide bonds. The van der Waals surface area contributed by atoms with Crippen molar-refractivity contribution in [2.24, 2.45) is 0 Å². The standard InChI is InChI=1S/C36H41F2N9O2/c1-47(2)28-11-9-25(10-12-28)45-35(48)40-18-15-27-8-6-23-20-24(21-42-34(23)44-27)29-13-14-30(37)32(31(29)38)46-36(49)41-19-16-26-7-5-22-4-3-17-39-33(22)43-26/h5-14,24H,3-4,15-21H2,1-2H3,(H,39,43)(H,42,44)(H2,40,45,48)(H2,41,46,49). The summed E-state index contributed by atoms with van der Waals surface area (Å²) >= 11 is 0. The smallest absolute Gasteiger partial charge is 0.319 e. The number of hydrogen-bond acceptors (Lipinski definition) is 7. The van der Waals surface area contributed by atoms with Crippen molar-refractivity contribution < 1.29 is 18.4 Å². The molecule has 2 aromatic heterocycles. The van der Waals surface area contributed by atoms with E-state index in [4.69, 9.17) is 4.98 Å². The minimum atomic E-state index is -0.848. The van der Waals surface area contributed by atoms with Gasteiger partial charge in [0.1, 0.15) is 23.1 Å². The van der Waals surface area contributed by atoms with Gasteiger partial charge in [-0.2, -0.15) is 0 Å². The molecule has 6 rings (SSSR count). The number of benzene rings is 2. The fraction of sp³-hybridized carbons (Fsp3) is 0.333. The number of hydrogen-bond donors (Lipinski definition) is 6. The second kappa shape index (κ2) is 15.2. The third kappa shape index (κ3) is 8.34. The van der Waals surface area contributed by atoms with Crippen LogP contribution in [0.4, 0.5) is 47.1 Å². The molecule has 0 saturated heterocycles. The van der Waals surface area contributed by atoms with Crippen LogP contribution in [0, 0.1) is 11.6 Å². The number of fused-ring (bicyclic) bond motifs is 2. The van der Waals surface area contributed by atoms with Crippen LogP contribution >= 0.6 is 0 Å². The number of aryl methyl sites for hydroxylation is 1. The van der Waals surface area contributed by atoms with Crippen LogP contribution in [0.3, 0.4) is 0 Å². The lowest BCUT2D eigenvalue weighted by Crippen LogP contribution is -2.32. The summed E-state index contributed by atoms with van der Waals surface area (Å²) in [4.78, 5) is 36.3. The van der Waals surface area contributed by atoms with Gasteiger partial charge in [0, 0.05) is 81.8 Å². The summed E-state index contributed by atoms with van der Waals surface area (Å²) in [6, 6.07) is 17.0. The topological polar surface area (TPSA) is 135 Å². The predicted molar refractivity (Wildman–Crippen MR) is 189 cm³/mol. The van der Waals surface area contributed by atoms with Gasteiger partial charge in [-0.05, 0) is 78.4 Å². The molecule has 13 heteroatoms. The first kappa shape index (κ1) is 33.4. The van der Waals surface area contributed by atoms with Crippen LogP contribution in [-0.2, 0) is 25.7 Å². The van der Waals surface area contributed by atoms with Crippen molar-refractivity contribution in [3.8, 4) is 0 Å². The predicted octanol–water partition coefficient (Wildman–Crippen LogP) is 5.66. The molecule has 49 heavy (non-hydrogen) atoms. The van der Waals surface area contributed by atoms with Gasteiger partial charge in [0.25, 0.3) is 0 Å². The molecule has 4 aromatic rings. The highest BCUT2D eigenvalue weighted by molar-refractivity contribution is 5.90. The molecule has 0 aliphatic carbocycles. The van der Waals surface area contributed by atoms with E-state index in [1.165, 1.54) is 17.7 Å². The highest BCUT2D eigenvalue weighted by atomic mass is 19.1. The summed E-state index contributed by atoms with van der Waals surface area (Å²) in [6.07, 6.45) is 3.55. The fourth-order valence-corrected chi connectivity index (χ4v) is 6.05. The van der Waals surface area contributed by atoms with Crippen LogP contribution in [0.2, 0.25) is 0 Å². The monoisotopic (exact) mass is 669 g/mol. The van der Waals surface area contributed by atoms with Gasteiger partial charge in [0.2, 0.25) is 0 Å². The Labute approximate surface area is 284 Å². The Morgan fingerprint density at radius 2 is 1.47 bits per heavy atom. The van der Waals surface area contributed by atoms with Crippen LogP contribution < -0.4 is 36.8 Å². The summed E-state index contributed by atoms with van der Waals surface area (Å²) in [5, 5.41) is 17.3. The maximum atomic E-state index is 15.7. The van der Waals surface area contributed by atoms with Crippen molar-refractivity contribution in [1.29, 1.82) is 0 Å². The average Bonchev–Trinajstić information content (AvgIpc) is 3.10. The van der Waals surface area contributed by atoms with E-state index < -0.39 is 23.4 Å². The van der Waals surface area contributed by atoms with E-state index in [-0.39, 0.29) is 18.5 Å². The third-order valence-electron chi connectivity index (χ3n) is 8.74. The molecule has 0 saturated carbocycles. The maximum Gasteiger partial charge on any atom is 0.319 e. The number of nitrogens with one attached hydrogen (secondary N) is 6. The van der Waals surface area contributed by atoms with Gasteiger partial charge < -0.3 is 36.8 Å². The van der Waals surface area contributed by atoms with Gasteiger partial charge in [-0.3, -0.25) is 0 Å². The third-order valence-corrected chi connectivity index (χ3v) is 8.74. The minimum Gasteiger partial charge on any atom is -0.378 e. The largest absolute Gasteiger partial charge is 0.378 e. The van der Waals surface area contributed by atoms with E-state index in [1.807, 2.05) is 67.5 Å². The van der Waals surface area contributed by atoms with Crippen LogP contribution in [0.25, 0.3) is 0 Å². The SMILES string of the molecule is CN(C)c1ccc(NC(=O)NCCc2ccc3c(n2)NCC(c2ccc(F)c(NC(=O)NCCc4ccc5c(n4)NCCC5)c2F)C3)cc1. The second-order valence-electron chi connectivity index (χ2n) is 12.5. The number of carbonyl (C=O) groups excluding carboxylic acids is 2. The van der Waals surface area contributed by atoms with Crippen molar-refractivity contribution >= 4 is 40.8 Å². The number of anilines is 5. The Morgan fingerprint density at radius 1 is 0.816 bits per heavy atom. The minimum absolute atomic E-state index is 0.258. The number of carbonyl (C=O) groups is 2. The lowest BCUT2D eigenvalue weighted by Gasteiger charge is -2.27. The van der Waals surface area contributed by atoms with Crippen molar-refractivity contribution in [3.05, 3.63) is 100 Å². The summed E-state index contributed by atoms with van der Waals surface area (Å²) in [6.45, 7) is 1.92. The zero-order chi connectivity index (χ0) is 34.3. The zero-order valence-corrected chi connectivity index (χ0v) is 27.6. The number of urea groups is 2. The molecule has 1 atom stereocenters. The van der Waals surface area contributed by atoms with E-state index >= 15 is 4.39 Å². The molecule has 256 valence electrons. The lowest BCUT2D eigenvalue weighted by atomic mass is 9.88. The van der Waals surface area contributed by atoms with Crippen molar-refractivity contribution in [2.75, 3.05) is 66.4 Å². The summed E-state index contributed by atoms with van der Waals surface area (Å²) in [5.41, 5.74) is 5.25. The van der Waals surface area contributed by atoms with E-state index in [9.17, 15) is 14.0 Å². The molecule has 2 aliphatic rings. The molecule has 0 spiro atoms. The Hall–Kier alpha value is -5.46. The summed E-state index contributed by atoms with van der Waals surface area (Å²) in [7, 11) is 3.91. The van der Waals surface area contributed by atoms with Gasteiger partial charge in [0.05, 0.1) is 0 Å². The average molecular weight is 670 g/mol. The van der Waals surface area contributed by atoms with E-state index in [0.29, 0.717) is 49.4 Å². The van der Waals surface area contributed by atoms with E-state index in [2.05, 4.69) is 36.9 Å². The number of rotatable bonds is 10. The van der Waals surface area contributed by atoms with Gasteiger partial charge in [-0.25, -0.2) is 28.3 Å². The molecule has 0 radical (unpaired) electrons. The highest BCUT2D eigenvalue weighted by Gasteiger charge is 2.26. The molecule has 11 nitrogen and oxygen atoms in total. The molecule has 4 heterocycles. The quantitative estimate of drug-likeness (QED) is 0.128. The number of aromatic nitrogens is 2. The molecule has 0 bridgehead atoms. The molecule has 0 fully saturated rings. The zero-order valence-electron chi connectivity index (χ0n) is 27.6. The van der Waals surface area contributed by atoms with E-state index in [1.54, 1.807) is 0 Å². The number of nitrogens with zero attached hydrogens (tertiary/aromatic N) is 3. The normalized spacial score (nSPS) is 14.7. The van der Waals surface area contributed by atoms with Gasteiger partial charge in [-0.1, -0.05) is 18.2 Å². The molecule has 2 aromatic carbocycles. The summed E-state index contributed by atoms with van der Waals surface area (Å²) in [5.74, 6) is -0.370. The summed E-state index contributed by atoms with van der Waals surface area (Å²) < 4.78 is 30.4. The maximum absolute atomic E-state index is 15.7. The Balaban J connectivity index is 0.992. The lowest BCUT2D eigenvalue weighted by molar-refractivity contribution is 0.251. The van der Waals surface area contributed by atoms with Gasteiger partial charge in [-0.15, -0.1) is 0 Å². The van der Waals surface area contributed by atoms with Crippen LogP contribution in [0.1, 0.15) is 40.4 Å². The second-order valence-corrected chi connectivity index (χ2v) is 12.5. The first-order chi connectivity index (χ1) is 23.7. The Morgan fingerprint density at radius 3 is 2.16 bits per heavy atom. The molecular formula is C36H41F2N9O2. The first-order valence-electron chi connectivity index (χ1n) is 16.5. The number of amides is 4. The van der Waals surface area contributed by atoms with Crippen molar-refractivity contribution in [2.45, 2.75) is 38.0 Å². The van der Waals surface area contributed by atoms with Crippen LogP contribution in [-0.4, -0.2) is 62.3 Å². The van der Waals surface area contributed by atoms with Gasteiger partial charge >= 0.3 is 12.1 Å². The fourth-order valence-electron chi connectivity index (χ4n) is 6.05. The molecule has 1 unspecified atom stereocenters. The van der Waals surface area contributed by atoms with Crippen LogP contribution in [0.15, 0.2) is 60.7 Å². The van der Waals surface area contributed by atoms with Crippen LogP contribution in [0.5, 0.6) is 0 Å². The molecule has 6 N–H and O–H groups in total. The van der Waals surface area contributed by atoms with Gasteiger partial charge in [0.15, 0.2) is 5.82 Å². The van der Waals surface area contributed by atoms with Crippen molar-refractivity contribution in [3.63, 3.8) is 0 Å². The molecular weight excluding hydrogens is 628 g/mol. The number of pyridine rings is 2.